The van der Waals surface area contributed by atoms with Gasteiger partial charge in [-0.1, -0.05) is 72.8 Å². The number of carboxylic acid groups (broad SMARTS) is 1. The Balaban J connectivity index is 1.65. The van der Waals surface area contributed by atoms with Crippen LogP contribution in [0.2, 0.25) is 0 Å². The fourth-order valence-electron chi connectivity index (χ4n) is 3.69. The van der Waals surface area contributed by atoms with Crippen LogP contribution in [0, 0.1) is 0 Å². The molecule has 166 valence electrons. The van der Waals surface area contributed by atoms with Crippen molar-refractivity contribution in [3.05, 3.63) is 108 Å². The summed E-state index contributed by atoms with van der Waals surface area (Å²) in [6.45, 7) is -0.145. The number of aliphatic carboxylic acids is 1. The fourth-order valence-corrected chi connectivity index (χ4v) is 3.69. The number of nitrogens with zero attached hydrogens (tertiary/aromatic N) is 2. The van der Waals surface area contributed by atoms with E-state index < -0.39 is 5.97 Å². The summed E-state index contributed by atoms with van der Waals surface area (Å²) < 4.78 is 6.87. The minimum atomic E-state index is -0.904. The number of carboxylic acids is 1. The maximum atomic E-state index is 11.4. The normalized spacial score (nSPS) is 18.0. The summed E-state index contributed by atoms with van der Waals surface area (Å²) in [5, 5.41) is 9.38. The van der Waals surface area contributed by atoms with Crippen molar-refractivity contribution in [2.24, 2.45) is 0 Å². The fraction of sp³-hybridized carbons (Fsp3) is 0.143. The highest BCUT2D eigenvalue weighted by Gasteiger charge is 2.12. The lowest BCUT2D eigenvalue weighted by Crippen LogP contribution is -2.09. The summed E-state index contributed by atoms with van der Waals surface area (Å²) in [7, 11) is 1.63. The highest BCUT2D eigenvalue weighted by Crippen LogP contribution is 2.26. The van der Waals surface area contributed by atoms with Crippen LogP contribution in [0.4, 0.5) is 0 Å². The second-order valence-electron chi connectivity index (χ2n) is 7.73. The van der Waals surface area contributed by atoms with Crippen molar-refractivity contribution in [1.29, 1.82) is 0 Å². The van der Waals surface area contributed by atoms with Gasteiger partial charge in [-0.05, 0) is 53.3 Å². The molecule has 1 aliphatic rings. The molecule has 5 nitrogen and oxygen atoms in total. The Morgan fingerprint density at radius 1 is 1.09 bits per heavy atom. The molecule has 1 aromatic heterocycles. The number of hydrogen-bond donors (Lipinski definition) is 1. The van der Waals surface area contributed by atoms with E-state index in [1.807, 2.05) is 60.8 Å². The molecule has 4 rings (SSSR count). The van der Waals surface area contributed by atoms with Crippen LogP contribution in [0.15, 0.2) is 85.1 Å². The first-order valence-electron chi connectivity index (χ1n) is 10.9. The summed E-state index contributed by atoms with van der Waals surface area (Å²) in [5.74, 6) is 0.489. The van der Waals surface area contributed by atoms with Crippen molar-refractivity contribution in [1.82, 2.24) is 9.55 Å². The van der Waals surface area contributed by atoms with Crippen LogP contribution >= 0.6 is 0 Å². The Labute approximate surface area is 193 Å². The van der Waals surface area contributed by atoms with E-state index in [0.29, 0.717) is 5.82 Å². The zero-order valence-electron chi connectivity index (χ0n) is 18.5. The molecule has 0 spiro atoms. The largest absolute Gasteiger partial charge is 0.497 e. The summed E-state index contributed by atoms with van der Waals surface area (Å²) in [5.41, 5.74) is 5.15. The van der Waals surface area contributed by atoms with E-state index in [1.54, 1.807) is 11.7 Å². The number of allylic oxidation sites excluding steroid dienone is 6. The molecule has 5 heteroatoms. The van der Waals surface area contributed by atoms with E-state index >= 15 is 0 Å². The van der Waals surface area contributed by atoms with E-state index in [1.165, 1.54) is 0 Å². The summed E-state index contributed by atoms with van der Waals surface area (Å²) in [6, 6.07) is 17.9. The van der Waals surface area contributed by atoms with Gasteiger partial charge in [0.2, 0.25) is 0 Å². The Morgan fingerprint density at radius 2 is 1.88 bits per heavy atom. The summed E-state index contributed by atoms with van der Waals surface area (Å²) in [6.07, 6.45) is 15.8. The van der Waals surface area contributed by atoms with Gasteiger partial charge in [0.25, 0.3) is 0 Å². The SMILES string of the molecule is COc1ccc(/C=C/c2nc(/C3=C/C=C(c4ccccc4)\C=C/CC3)cn2CC(=O)O)cc1. The van der Waals surface area contributed by atoms with Gasteiger partial charge in [-0.3, -0.25) is 4.79 Å². The van der Waals surface area contributed by atoms with Gasteiger partial charge in [0, 0.05) is 6.20 Å². The van der Waals surface area contributed by atoms with Gasteiger partial charge in [-0.25, -0.2) is 4.98 Å². The molecule has 0 bridgehead atoms. The molecule has 1 N–H and O–H groups in total. The summed E-state index contributed by atoms with van der Waals surface area (Å²) in [4.78, 5) is 16.2. The lowest BCUT2D eigenvalue weighted by Gasteiger charge is -2.07. The molecule has 0 unspecified atom stereocenters. The van der Waals surface area contributed by atoms with Crippen LogP contribution in [0.3, 0.4) is 0 Å². The molecule has 0 atom stereocenters. The van der Waals surface area contributed by atoms with Crippen molar-refractivity contribution in [2.45, 2.75) is 19.4 Å². The van der Waals surface area contributed by atoms with E-state index in [9.17, 15) is 9.90 Å². The van der Waals surface area contributed by atoms with Crippen LogP contribution in [0.1, 0.15) is 35.5 Å². The van der Waals surface area contributed by atoms with Crippen molar-refractivity contribution in [3.63, 3.8) is 0 Å². The molecular formula is C28H26N2O3. The summed E-state index contributed by atoms with van der Waals surface area (Å²) >= 11 is 0. The van der Waals surface area contributed by atoms with Crippen LogP contribution < -0.4 is 4.74 Å². The van der Waals surface area contributed by atoms with Gasteiger partial charge in [-0.15, -0.1) is 0 Å². The average molecular weight is 439 g/mol. The molecule has 0 aliphatic heterocycles. The third-order valence-corrected chi connectivity index (χ3v) is 5.43. The molecule has 33 heavy (non-hydrogen) atoms. The lowest BCUT2D eigenvalue weighted by atomic mass is 9.99. The third kappa shape index (κ3) is 5.77. The van der Waals surface area contributed by atoms with Crippen molar-refractivity contribution < 1.29 is 14.6 Å². The predicted octanol–water partition coefficient (Wildman–Crippen LogP) is 5.96. The van der Waals surface area contributed by atoms with E-state index in [-0.39, 0.29) is 6.54 Å². The molecule has 1 aliphatic carbocycles. The van der Waals surface area contributed by atoms with Crippen molar-refractivity contribution in [2.75, 3.05) is 7.11 Å². The number of hydrogen-bond acceptors (Lipinski definition) is 3. The van der Waals surface area contributed by atoms with Gasteiger partial charge < -0.3 is 14.4 Å². The molecule has 0 saturated heterocycles. The van der Waals surface area contributed by atoms with Crippen molar-refractivity contribution in [3.8, 4) is 5.75 Å². The first kappa shape index (κ1) is 22.1. The van der Waals surface area contributed by atoms with E-state index in [4.69, 9.17) is 9.72 Å². The number of aromatic nitrogens is 2. The highest BCUT2D eigenvalue weighted by molar-refractivity contribution is 5.79. The maximum Gasteiger partial charge on any atom is 0.323 e. The Hall–Kier alpha value is -4.12. The Kier molecular flexibility index (Phi) is 7.00. The maximum absolute atomic E-state index is 11.4. The van der Waals surface area contributed by atoms with Gasteiger partial charge in [0.15, 0.2) is 0 Å². The monoisotopic (exact) mass is 438 g/mol. The Morgan fingerprint density at radius 3 is 2.61 bits per heavy atom. The zero-order chi connectivity index (χ0) is 23.0. The first-order chi connectivity index (χ1) is 16.1. The van der Waals surface area contributed by atoms with E-state index in [2.05, 4.69) is 36.4 Å². The Bertz CT molecular complexity index is 1230. The highest BCUT2D eigenvalue weighted by atomic mass is 16.5. The van der Waals surface area contributed by atoms with E-state index in [0.717, 1.165) is 46.6 Å². The van der Waals surface area contributed by atoms with Crippen LogP contribution in [0.25, 0.3) is 23.3 Å². The number of methoxy groups -OCH3 is 1. The van der Waals surface area contributed by atoms with Crippen LogP contribution in [-0.2, 0) is 11.3 Å². The number of imidazole rings is 1. The first-order valence-corrected chi connectivity index (χ1v) is 10.9. The molecule has 3 aromatic rings. The minimum Gasteiger partial charge on any atom is -0.497 e. The van der Waals surface area contributed by atoms with Crippen molar-refractivity contribution >= 4 is 29.3 Å². The quantitative estimate of drug-likeness (QED) is 0.494. The standard InChI is InChI=1S/C28H26N2O3/c1-33-25-16-11-21(12-17-25)13-18-27-29-26(19-30(27)20-28(31)32)24-10-6-5-9-23(14-15-24)22-7-3-2-4-8-22/h2-5,7-9,11-19H,6,10,20H2,1H3,(H,31,32)/b9-5-,18-13+,23-14+,24-15+. The van der Waals surface area contributed by atoms with Gasteiger partial charge in [0.05, 0.1) is 12.8 Å². The van der Waals surface area contributed by atoms with Gasteiger partial charge in [0.1, 0.15) is 18.1 Å². The second-order valence-corrected chi connectivity index (χ2v) is 7.73. The third-order valence-electron chi connectivity index (χ3n) is 5.43. The van der Waals surface area contributed by atoms with Crippen LogP contribution in [0.5, 0.6) is 5.75 Å². The molecule has 0 fully saturated rings. The van der Waals surface area contributed by atoms with Gasteiger partial charge in [-0.2, -0.15) is 0 Å². The number of benzene rings is 2. The zero-order valence-corrected chi connectivity index (χ0v) is 18.5. The van der Waals surface area contributed by atoms with Gasteiger partial charge >= 0.3 is 5.97 Å². The molecule has 0 radical (unpaired) electrons. The number of ether oxygens (including phenoxy) is 1. The van der Waals surface area contributed by atoms with Crippen LogP contribution in [-0.4, -0.2) is 27.7 Å². The average Bonchev–Trinajstić information content (AvgIpc) is 3.20. The molecule has 1 heterocycles. The molecule has 0 amide bonds. The molecular weight excluding hydrogens is 412 g/mol. The smallest absolute Gasteiger partial charge is 0.323 e. The second kappa shape index (κ2) is 10.5. The number of carbonyl (C=O) groups is 1. The molecule has 0 saturated carbocycles. The number of rotatable bonds is 7. The topological polar surface area (TPSA) is 64.4 Å². The minimum absolute atomic E-state index is 0.145. The lowest BCUT2D eigenvalue weighted by molar-refractivity contribution is -0.137. The predicted molar refractivity (Wildman–Crippen MR) is 133 cm³/mol. The molecule has 2 aromatic carbocycles.